The first-order valence-electron chi connectivity index (χ1n) is 6.20. The summed E-state index contributed by atoms with van der Waals surface area (Å²) in [4.78, 5) is 10.9. The molecule has 1 aromatic carbocycles. The minimum Gasteiger partial charge on any atom is -0.394 e. The molecule has 5 N–H and O–H groups in total. The number of nitrogens with zero attached hydrogens (tertiary/aromatic N) is 1. The molecule has 1 atom stereocenters. The number of aliphatic hydroxyl groups excluding tert-OH is 1. The van der Waals surface area contributed by atoms with Gasteiger partial charge in [-0.2, -0.15) is 0 Å². The highest BCUT2D eigenvalue weighted by Gasteiger charge is 2.16. The molecule has 2 heterocycles. The van der Waals surface area contributed by atoms with E-state index in [4.69, 9.17) is 10.8 Å². The van der Waals surface area contributed by atoms with Gasteiger partial charge in [-0.15, -0.1) is 0 Å². The van der Waals surface area contributed by atoms with Crippen molar-refractivity contribution in [2.75, 3.05) is 6.61 Å². The van der Waals surface area contributed by atoms with Gasteiger partial charge in [-0.25, -0.2) is 4.98 Å². The summed E-state index contributed by atoms with van der Waals surface area (Å²) in [6.07, 6.45) is 1.95. The van der Waals surface area contributed by atoms with Crippen molar-refractivity contribution in [3.63, 3.8) is 0 Å². The van der Waals surface area contributed by atoms with E-state index < -0.39 is 6.04 Å². The third-order valence-electron chi connectivity index (χ3n) is 3.30. The van der Waals surface area contributed by atoms with Crippen LogP contribution in [0.2, 0.25) is 0 Å². The van der Waals surface area contributed by atoms with E-state index in [9.17, 15) is 0 Å². The average Bonchev–Trinajstić information content (AvgIpc) is 3.01. The Balaban J connectivity index is 2.14. The van der Waals surface area contributed by atoms with Crippen molar-refractivity contribution >= 4 is 10.9 Å². The zero-order valence-corrected chi connectivity index (χ0v) is 10.6. The number of nitrogens with one attached hydrogen (secondary N) is 2. The summed E-state index contributed by atoms with van der Waals surface area (Å²) in [5, 5.41) is 10.2. The Bertz CT molecular complexity index is 713. The fourth-order valence-electron chi connectivity index (χ4n) is 2.28. The maximum atomic E-state index is 9.10. The van der Waals surface area contributed by atoms with Crippen LogP contribution in [0.15, 0.2) is 30.5 Å². The number of aliphatic hydroxyl groups is 1. The Morgan fingerprint density at radius 3 is 2.95 bits per heavy atom. The lowest BCUT2D eigenvalue weighted by Gasteiger charge is -2.02. The van der Waals surface area contributed by atoms with Crippen LogP contribution in [-0.2, 0) is 0 Å². The van der Waals surface area contributed by atoms with E-state index in [-0.39, 0.29) is 6.61 Å². The van der Waals surface area contributed by atoms with E-state index >= 15 is 0 Å². The van der Waals surface area contributed by atoms with Gasteiger partial charge in [0, 0.05) is 28.4 Å². The smallest absolute Gasteiger partial charge is 0.126 e. The molecule has 3 aromatic rings. The van der Waals surface area contributed by atoms with Crippen molar-refractivity contribution in [3.05, 3.63) is 42.0 Å². The topological polar surface area (TPSA) is 90.7 Å². The molecule has 0 aliphatic carbocycles. The number of para-hydroxylation sites is 1. The molecule has 3 rings (SSSR count). The SMILES string of the molecule is Cc1[nH]c(C(N)CO)nc1-c1c[nH]c2ccccc12. The summed E-state index contributed by atoms with van der Waals surface area (Å²) in [7, 11) is 0. The number of aryl methyl sites for hydroxylation is 1. The molecule has 0 saturated heterocycles. The number of fused-ring (bicyclic) bond motifs is 1. The summed E-state index contributed by atoms with van der Waals surface area (Å²) in [6.45, 7) is 1.83. The molecule has 2 aromatic heterocycles. The molecule has 0 radical (unpaired) electrons. The van der Waals surface area contributed by atoms with Crippen molar-refractivity contribution in [3.8, 4) is 11.3 Å². The number of aromatic nitrogens is 3. The number of benzene rings is 1. The lowest BCUT2D eigenvalue weighted by molar-refractivity contribution is 0.264. The van der Waals surface area contributed by atoms with Crippen LogP contribution in [0.25, 0.3) is 22.2 Å². The van der Waals surface area contributed by atoms with Gasteiger partial charge in [-0.1, -0.05) is 18.2 Å². The van der Waals surface area contributed by atoms with Crippen LogP contribution in [0, 0.1) is 6.92 Å². The quantitative estimate of drug-likeness (QED) is 0.576. The minimum absolute atomic E-state index is 0.125. The van der Waals surface area contributed by atoms with E-state index in [0.717, 1.165) is 27.9 Å². The molecule has 5 nitrogen and oxygen atoms in total. The number of hydrogen-bond donors (Lipinski definition) is 4. The normalized spacial score (nSPS) is 13.0. The molecule has 0 bridgehead atoms. The van der Waals surface area contributed by atoms with E-state index in [1.807, 2.05) is 31.3 Å². The summed E-state index contributed by atoms with van der Waals surface area (Å²) in [5.74, 6) is 0.611. The molecular weight excluding hydrogens is 240 g/mol. The first kappa shape index (κ1) is 12.0. The lowest BCUT2D eigenvalue weighted by Crippen LogP contribution is -2.16. The highest BCUT2D eigenvalue weighted by Crippen LogP contribution is 2.29. The largest absolute Gasteiger partial charge is 0.394 e. The molecule has 19 heavy (non-hydrogen) atoms. The van der Waals surface area contributed by atoms with E-state index in [0.29, 0.717) is 5.82 Å². The summed E-state index contributed by atoms with van der Waals surface area (Å²) < 4.78 is 0. The van der Waals surface area contributed by atoms with Gasteiger partial charge < -0.3 is 20.8 Å². The second-order valence-electron chi connectivity index (χ2n) is 4.63. The van der Waals surface area contributed by atoms with Crippen LogP contribution >= 0.6 is 0 Å². The Labute approximate surface area is 110 Å². The van der Waals surface area contributed by atoms with E-state index in [1.54, 1.807) is 0 Å². The highest BCUT2D eigenvalue weighted by atomic mass is 16.3. The van der Waals surface area contributed by atoms with Gasteiger partial charge in [0.2, 0.25) is 0 Å². The van der Waals surface area contributed by atoms with Crippen molar-refractivity contribution in [1.82, 2.24) is 15.0 Å². The van der Waals surface area contributed by atoms with Crippen LogP contribution in [0.5, 0.6) is 0 Å². The Kier molecular flexibility index (Phi) is 2.85. The number of imidazole rings is 1. The third kappa shape index (κ3) is 1.93. The Morgan fingerprint density at radius 1 is 1.37 bits per heavy atom. The molecular formula is C14H16N4O. The number of rotatable bonds is 3. The standard InChI is InChI=1S/C14H16N4O/c1-8-13(18-14(17-8)11(15)7-19)10-6-16-12-5-3-2-4-9(10)12/h2-6,11,16,19H,7,15H2,1H3,(H,17,18). The molecule has 1 unspecified atom stereocenters. The van der Waals surface area contributed by atoms with Crippen molar-refractivity contribution < 1.29 is 5.11 Å². The monoisotopic (exact) mass is 256 g/mol. The fraction of sp³-hybridized carbons (Fsp3) is 0.214. The average molecular weight is 256 g/mol. The Hall–Kier alpha value is -2.11. The predicted molar refractivity (Wildman–Crippen MR) is 74.6 cm³/mol. The van der Waals surface area contributed by atoms with E-state index in [1.165, 1.54) is 0 Å². The van der Waals surface area contributed by atoms with Crippen LogP contribution in [0.4, 0.5) is 0 Å². The maximum Gasteiger partial charge on any atom is 0.126 e. The number of hydrogen-bond acceptors (Lipinski definition) is 3. The van der Waals surface area contributed by atoms with Crippen molar-refractivity contribution in [1.29, 1.82) is 0 Å². The van der Waals surface area contributed by atoms with Gasteiger partial charge in [-0.3, -0.25) is 0 Å². The second kappa shape index (κ2) is 4.53. The molecule has 0 spiro atoms. The molecule has 0 aliphatic heterocycles. The van der Waals surface area contributed by atoms with Crippen LogP contribution in [-0.4, -0.2) is 26.7 Å². The van der Waals surface area contributed by atoms with Gasteiger partial charge >= 0.3 is 0 Å². The van der Waals surface area contributed by atoms with Gasteiger partial charge in [-0.05, 0) is 13.0 Å². The van der Waals surface area contributed by atoms with Crippen molar-refractivity contribution in [2.24, 2.45) is 5.73 Å². The summed E-state index contributed by atoms with van der Waals surface area (Å²) in [6, 6.07) is 7.61. The van der Waals surface area contributed by atoms with Crippen LogP contribution in [0.3, 0.4) is 0 Å². The molecule has 0 amide bonds. The molecule has 5 heteroatoms. The van der Waals surface area contributed by atoms with E-state index in [2.05, 4.69) is 21.0 Å². The first-order chi connectivity index (χ1) is 9.20. The number of aromatic amines is 2. The highest BCUT2D eigenvalue weighted by molar-refractivity contribution is 5.95. The number of H-pyrrole nitrogens is 2. The number of nitrogens with two attached hydrogens (primary N) is 1. The summed E-state index contributed by atoms with van der Waals surface area (Å²) >= 11 is 0. The first-order valence-corrected chi connectivity index (χ1v) is 6.20. The van der Waals surface area contributed by atoms with Gasteiger partial charge in [0.05, 0.1) is 18.3 Å². The zero-order chi connectivity index (χ0) is 13.4. The predicted octanol–water partition coefficient (Wildman–Crippen LogP) is 1.86. The van der Waals surface area contributed by atoms with Gasteiger partial charge in [0.25, 0.3) is 0 Å². The molecule has 0 saturated carbocycles. The van der Waals surface area contributed by atoms with Gasteiger partial charge in [0.1, 0.15) is 5.82 Å². The van der Waals surface area contributed by atoms with Crippen LogP contribution < -0.4 is 5.73 Å². The molecule has 0 fully saturated rings. The minimum atomic E-state index is -0.474. The van der Waals surface area contributed by atoms with Crippen molar-refractivity contribution in [2.45, 2.75) is 13.0 Å². The molecule has 0 aliphatic rings. The second-order valence-corrected chi connectivity index (χ2v) is 4.63. The zero-order valence-electron chi connectivity index (χ0n) is 10.6. The summed E-state index contributed by atoms with van der Waals surface area (Å²) in [5.41, 5.74) is 9.73. The third-order valence-corrected chi connectivity index (χ3v) is 3.30. The van der Waals surface area contributed by atoms with Gasteiger partial charge in [0.15, 0.2) is 0 Å². The fourth-order valence-corrected chi connectivity index (χ4v) is 2.28. The Morgan fingerprint density at radius 2 is 2.16 bits per heavy atom. The van der Waals surface area contributed by atoms with Crippen LogP contribution in [0.1, 0.15) is 17.6 Å². The molecule has 98 valence electrons. The lowest BCUT2D eigenvalue weighted by atomic mass is 10.1. The maximum absolute atomic E-state index is 9.10.